The predicted molar refractivity (Wildman–Crippen MR) is 145 cm³/mol. The highest BCUT2D eigenvalue weighted by Crippen LogP contribution is 2.62. The molecule has 212 valence electrons. The smallest absolute Gasteiger partial charge is 0.305 e. The van der Waals surface area contributed by atoms with E-state index < -0.39 is 23.7 Å². The minimum Gasteiger partial charge on any atom is -0.466 e. The summed E-state index contributed by atoms with van der Waals surface area (Å²) in [6, 6.07) is 20.1. The number of ether oxygens (including phenoxy) is 4. The van der Waals surface area contributed by atoms with E-state index in [-0.39, 0.29) is 48.5 Å². The Morgan fingerprint density at radius 1 is 1.03 bits per heavy atom. The van der Waals surface area contributed by atoms with Gasteiger partial charge in [0.05, 0.1) is 50.3 Å². The monoisotopic (exact) mass is 538 g/mol. The van der Waals surface area contributed by atoms with Crippen molar-refractivity contribution in [2.24, 2.45) is 23.7 Å². The number of hydrogen-bond acceptors (Lipinski definition) is 7. The van der Waals surface area contributed by atoms with Crippen LogP contribution in [0.2, 0.25) is 0 Å². The molecule has 7 heteroatoms. The van der Waals surface area contributed by atoms with Crippen LogP contribution in [0.5, 0.6) is 0 Å². The van der Waals surface area contributed by atoms with Gasteiger partial charge in [0, 0.05) is 24.2 Å². The summed E-state index contributed by atoms with van der Waals surface area (Å²) in [5, 5.41) is 22.8. The van der Waals surface area contributed by atoms with Crippen molar-refractivity contribution in [3.8, 4) is 0 Å². The first-order valence-electron chi connectivity index (χ1n) is 14.4. The van der Waals surface area contributed by atoms with Crippen molar-refractivity contribution in [1.82, 2.24) is 0 Å². The third-order valence-corrected chi connectivity index (χ3v) is 9.20. The first kappa shape index (κ1) is 28.2. The Balaban J connectivity index is 1.47. The molecule has 3 aliphatic rings. The van der Waals surface area contributed by atoms with E-state index >= 15 is 0 Å². The van der Waals surface area contributed by atoms with Crippen LogP contribution in [0.15, 0.2) is 60.7 Å². The third-order valence-electron chi connectivity index (χ3n) is 9.20. The lowest BCUT2D eigenvalue weighted by Crippen LogP contribution is -2.64. The van der Waals surface area contributed by atoms with E-state index in [1.165, 1.54) is 0 Å². The van der Waals surface area contributed by atoms with Gasteiger partial charge in [-0.25, -0.2) is 0 Å². The third kappa shape index (κ3) is 5.40. The molecule has 5 rings (SSSR count). The molecule has 1 aliphatic heterocycles. The fourth-order valence-electron chi connectivity index (χ4n) is 7.57. The van der Waals surface area contributed by atoms with Crippen LogP contribution < -0.4 is 0 Å². The molecule has 2 aliphatic carbocycles. The van der Waals surface area contributed by atoms with Crippen molar-refractivity contribution in [3.05, 3.63) is 71.8 Å². The summed E-state index contributed by atoms with van der Waals surface area (Å²) >= 11 is 0. The summed E-state index contributed by atoms with van der Waals surface area (Å²) in [6.07, 6.45) is -1.36. The highest BCUT2D eigenvalue weighted by molar-refractivity contribution is 5.69. The zero-order valence-electron chi connectivity index (χ0n) is 23.1. The van der Waals surface area contributed by atoms with E-state index in [1.807, 2.05) is 60.7 Å². The van der Waals surface area contributed by atoms with E-state index in [0.717, 1.165) is 11.1 Å². The molecule has 10 atom stereocenters. The maximum absolute atomic E-state index is 12.3. The number of aliphatic hydroxyl groups excluding tert-OH is 2. The normalized spacial score (nSPS) is 35.9. The van der Waals surface area contributed by atoms with Gasteiger partial charge in [0.2, 0.25) is 0 Å². The minimum atomic E-state index is -1.06. The molecule has 0 radical (unpaired) electrons. The summed E-state index contributed by atoms with van der Waals surface area (Å²) in [4.78, 5) is 12.3. The lowest BCUT2D eigenvalue weighted by Gasteiger charge is -2.53. The van der Waals surface area contributed by atoms with Crippen LogP contribution in [0.1, 0.15) is 51.2 Å². The van der Waals surface area contributed by atoms with Crippen LogP contribution >= 0.6 is 0 Å². The first-order chi connectivity index (χ1) is 18.9. The van der Waals surface area contributed by atoms with Gasteiger partial charge in [-0.15, -0.1) is 0 Å². The molecule has 0 spiro atoms. The highest BCUT2D eigenvalue weighted by atomic mass is 16.6. The first-order valence-corrected chi connectivity index (χ1v) is 14.4. The second kappa shape index (κ2) is 12.1. The maximum atomic E-state index is 12.3. The Morgan fingerprint density at radius 3 is 2.18 bits per heavy atom. The zero-order chi connectivity index (χ0) is 27.6. The number of hydrogen-bond donors (Lipinski definition) is 2. The quantitative estimate of drug-likeness (QED) is 0.413. The van der Waals surface area contributed by atoms with Gasteiger partial charge < -0.3 is 29.2 Å². The summed E-state index contributed by atoms with van der Waals surface area (Å²) in [6.45, 7) is 6.85. The van der Waals surface area contributed by atoms with Crippen molar-refractivity contribution in [2.45, 2.75) is 89.4 Å². The topological polar surface area (TPSA) is 94.5 Å². The zero-order valence-corrected chi connectivity index (χ0v) is 23.1. The lowest BCUT2D eigenvalue weighted by atomic mass is 9.54. The summed E-state index contributed by atoms with van der Waals surface area (Å²) < 4.78 is 25.4. The molecule has 2 aromatic carbocycles. The predicted octanol–water partition coefficient (Wildman–Crippen LogP) is 4.28. The largest absolute Gasteiger partial charge is 0.466 e. The second-order valence-corrected chi connectivity index (χ2v) is 11.4. The van der Waals surface area contributed by atoms with Gasteiger partial charge in [-0.05, 0) is 43.7 Å². The molecular formula is C32H42O7. The van der Waals surface area contributed by atoms with Crippen LogP contribution in [0.3, 0.4) is 0 Å². The van der Waals surface area contributed by atoms with Crippen LogP contribution in [-0.4, -0.2) is 58.9 Å². The number of benzene rings is 2. The molecule has 3 fully saturated rings. The van der Waals surface area contributed by atoms with Gasteiger partial charge in [-0.3, -0.25) is 4.79 Å². The van der Waals surface area contributed by atoms with Gasteiger partial charge in [-0.2, -0.15) is 0 Å². The molecule has 1 heterocycles. The number of aliphatic hydroxyl groups is 2. The minimum absolute atomic E-state index is 0.00903. The standard InChI is InChI=1S/C32H42O7/c1-4-36-27(35)16-15-25-26(34)17-24-28-29(37-18-22-11-7-5-8-12-22)20(2)30(31(24)39-32(25,28)21(3)33)38-19-23-13-9-6-10-14-23/h5-14,20-21,24-26,28-31,33-34H,4,15-19H2,1-3H3/t20-,21-,24-,25-,26+,28+,29-,30-,31-,32+/m1/s1. The van der Waals surface area contributed by atoms with Gasteiger partial charge in [0.15, 0.2) is 0 Å². The van der Waals surface area contributed by atoms with Crippen molar-refractivity contribution >= 4 is 5.97 Å². The number of carbonyl (C=O) groups is 1. The highest BCUT2D eigenvalue weighted by Gasteiger charge is 2.72. The van der Waals surface area contributed by atoms with E-state index in [1.54, 1.807) is 13.8 Å². The average molecular weight is 539 g/mol. The Labute approximate surface area is 231 Å². The molecular weight excluding hydrogens is 496 g/mol. The fraction of sp³-hybridized carbons (Fsp3) is 0.594. The molecule has 1 saturated heterocycles. The van der Waals surface area contributed by atoms with Gasteiger partial charge in [0.25, 0.3) is 0 Å². The molecule has 2 aromatic rings. The van der Waals surface area contributed by atoms with Crippen molar-refractivity contribution in [1.29, 1.82) is 0 Å². The summed E-state index contributed by atoms with van der Waals surface area (Å²) in [5.74, 6) is -0.927. The van der Waals surface area contributed by atoms with Gasteiger partial charge in [0.1, 0.15) is 5.60 Å². The number of esters is 1. The molecule has 0 aromatic heterocycles. The van der Waals surface area contributed by atoms with Crippen LogP contribution in [0.25, 0.3) is 0 Å². The maximum Gasteiger partial charge on any atom is 0.305 e. The van der Waals surface area contributed by atoms with Crippen molar-refractivity contribution in [2.75, 3.05) is 6.61 Å². The average Bonchev–Trinajstić information content (AvgIpc) is 3.11. The molecule has 2 saturated carbocycles. The van der Waals surface area contributed by atoms with E-state index in [0.29, 0.717) is 32.7 Å². The van der Waals surface area contributed by atoms with Crippen molar-refractivity contribution in [3.63, 3.8) is 0 Å². The van der Waals surface area contributed by atoms with Gasteiger partial charge in [-0.1, -0.05) is 67.6 Å². The van der Waals surface area contributed by atoms with Crippen molar-refractivity contribution < 1.29 is 34.0 Å². The molecule has 0 amide bonds. The van der Waals surface area contributed by atoms with E-state index in [9.17, 15) is 15.0 Å². The van der Waals surface area contributed by atoms with Crippen LogP contribution in [0.4, 0.5) is 0 Å². The molecule has 4 bridgehead atoms. The Bertz CT molecular complexity index is 1080. The summed E-state index contributed by atoms with van der Waals surface area (Å²) in [5.41, 5.74) is 1.09. The van der Waals surface area contributed by atoms with Crippen LogP contribution in [0, 0.1) is 23.7 Å². The number of rotatable bonds is 11. The fourth-order valence-corrected chi connectivity index (χ4v) is 7.57. The van der Waals surface area contributed by atoms with E-state index in [4.69, 9.17) is 18.9 Å². The number of carbonyl (C=O) groups excluding carboxylic acids is 1. The van der Waals surface area contributed by atoms with E-state index in [2.05, 4.69) is 6.92 Å². The molecule has 7 nitrogen and oxygen atoms in total. The lowest BCUT2D eigenvalue weighted by molar-refractivity contribution is -0.203. The Morgan fingerprint density at radius 2 is 1.62 bits per heavy atom. The SMILES string of the molecule is CCOC(=O)CC[C@@H]1[C@@H](O)C[C@H]2[C@H]3O[C@]1([C@@H](C)O)[C@@H]2[C@H](OCc1ccccc1)[C@@H](C)[C@H]3OCc1ccccc1. The molecule has 0 unspecified atom stereocenters. The summed E-state index contributed by atoms with van der Waals surface area (Å²) in [7, 11) is 0. The second-order valence-electron chi connectivity index (χ2n) is 11.4. The Hall–Kier alpha value is -2.29. The molecule has 39 heavy (non-hydrogen) atoms. The van der Waals surface area contributed by atoms with Gasteiger partial charge >= 0.3 is 5.97 Å². The van der Waals surface area contributed by atoms with Crippen LogP contribution in [-0.2, 0) is 37.0 Å². The molecule has 2 N–H and O–H groups in total. The Kier molecular flexibility index (Phi) is 8.74.